The van der Waals surface area contributed by atoms with Crippen molar-refractivity contribution in [2.24, 2.45) is 4.99 Å². The van der Waals surface area contributed by atoms with Crippen LogP contribution in [0.25, 0.3) is 0 Å². The molecule has 2 aromatic carbocycles. The molecule has 0 radical (unpaired) electrons. The van der Waals surface area contributed by atoms with Crippen molar-refractivity contribution in [1.29, 1.82) is 0 Å². The van der Waals surface area contributed by atoms with Crippen molar-refractivity contribution in [3.05, 3.63) is 59.7 Å². The first-order valence-electron chi connectivity index (χ1n) is 10.8. The molecule has 0 aromatic heterocycles. The molecule has 1 atom stereocenters. The number of nitrogens with zero attached hydrogens (tertiary/aromatic N) is 1. The molecule has 7 heteroatoms. The second-order valence-corrected chi connectivity index (χ2v) is 9.20. The smallest absolute Gasteiger partial charge is 0.191 e. The summed E-state index contributed by atoms with van der Waals surface area (Å²) < 4.78 is 24.0. The van der Waals surface area contributed by atoms with Crippen LogP contribution >= 0.6 is 0 Å². The first-order valence-corrected chi connectivity index (χ1v) is 12.3. The number of aliphatic imine (C=N–C) groups is 1. The molecule has 0 spiro atoms. The van der Waals surface area contributed by atoms with Gasteiger partial charge in [-0.25, -0.2) is 0 Å². The van der Waals surface area contributed by atoms with E-state index in [1.807, 2.05) is 48.5 Å². The molecule has 1 unspecified atom stereocenters. The summed E-state index contributed by atoms with van der Waals surface area (Å²) in [6.45, 7) is 1.17. The quantitative estimate of drug-likeness (QED) is 0.433. The second kappa shape index (κ2) is 12.3. The monoisotopic (exact) mass is 443 g/mol. The Morgan fingerprint density at radius 1 is 1.13 bits per heavy atom. The van der Waals surface area contributed by atoms with Crippen LogP contribution in [0, 0.1) is 0 Å². The van der Waals surface area contributed by atoms with Gasteiger partial charge in [0.05, 0.1) is 13.2 Å². The normalized spacial score (nSPS) is 15.5. The molecule has 0 heterocycles. The Kier molecular flexibility index (Phi) is 9.21. The average Bonchev–Trinajstić information content (AvgIpc) is 3.30. The topological polar surface area (TPSA) is 72.0 Å². The van der Waals surface area contributed by atoms with Crippen LogP contribution in [0.5, 0.6) is 11.5 Å². The third-order valence-electron chi connectivity index (χ3n) is 5.33. The predicted molar refractivity (Wildman–Crippen MR) is 127 cm³/mol. The molecule has 0 amide bonds. The van der Waals surface area contributed by atoms with E-state index in [2.05, 4.69) is 15.6 Å². The van der Waals surface area contributed by atoms with Crippen molar-refractivity contribution in [3.8, 4) is 11.5 Å². The maximum absolute atomic E-state index is 12.3. The largest absolute Gasteiger partial charge is 0.497 e. The number of ether oxygens (including phenoxy) is 2. The van der Waals surface area contributed by atoms with Crippen molar-refractivity contribution in [2.45, 2.75) is 44.1 Å². The molecule has 1 saturated carbocycles. The Balaban J connectivity index is 1.48. The Hall–Kier alpha value is -2.54. The number of benzene rings is 2. The minimum absolute atomic E-state index is 0.280. The highest BCUT2D eigenvalue weighted by Gasteiger charge is 2.18. The summed E-state index contributed by atoms with van der Waals surface area (Å²) in [5.74, 6) is 3.47. The van der Waals surface area contributed by atoms with E-state index in [0.29, 0.717) is 30.6 Å². The van der Waals surface area contributed by atoms with E-state index in [0.717, 1.165) is 35.5 Å². The minimum atomic E-state index is -0.919. The highest BCUT2D eigenvalue weighted by Crippen LogP contribution is 2.29. The zero-order valence-electron chi connectivity index (χ0n) is 18.4. The molecule has 0 bridgehead atoms. The van der Waals surface area contributed by atoms with E-state index in [-0.39, 0.29) is 6.10 Å². The third kappa shape index (κ3) is 7.58. The molecule has 168 valence electrons. The fraction of sp³-hybridized carbons (Fsp3) is 0.458. The first-order chi connectivity index (χ1) is 15.2. The lowest BCUT2D eigenvalue weighted by molar-refractivity contribution is 0.207. The predicted octanol–water partition coefficient (Wildman–Crippen LogP) is 3.63. The summed E-state index contributed by atoms with van der Waals surface area (Å²) in [5.41, 5.74) is 2.15. The fourth-order valence-corrected chi connectivity index (χ4v) is 4.66. The van der Waals surface area contributed by atoms with Gasteiger partial charge < -0.3 is 20.1 Å². The van der Waals surface area contributed by atoms with Gasteiger partial charge in [0.2, 0.25) is 0 Å². The van der Waals surface area contributed by atoms with Crippen LogP contribution in [-0.4, -0.2) is 42.7 Å². The van der Waals surface area contributed by atoms with Crippen LogP contribution < -0.4 is 20.1 Å². The van der Waals surface area contributed by atoms with E-state index in [9.17, 15) is 4.21 Å². The molecule has 1 aliphatic rings. The molecule has 3 rings (SSSR count). The lowest BCUT2D eigenvalue weighted by Crippen LogP contribution is -2.38. The zero-order chi connectivity index (χ0) is 21.9. The summed E-state index contributed by atoms with van der Waals surface area (Å²) in [6, 6.07) is 15.9. The second-order valence-electron chi connectivity index (χ2n) is 7.62. The average molecular weight is 444 g/mol. The first kappa shape index (κ1) is 23.1. The van der Waals surface area contributed by atoms with E-state index < -0.39 is 10.8 Å². The van der Waals surface area contributed by atoms with Gasteiger partial charge in [0.1, 0.15) is 11.5 Å². The van der Waals surface area contributed by atoms with Gasteiger partial charge in [-0.1, -0.05) is 30.3 Å². The Labute approximate surface area is 187 Å². The molecule has 6 nitrogen and oxygen atoms in total. The van der Waals surface area contributed by atoms with Gasteiger partial charge in [0.25, 0.3) is 0 Å². The zero-order valence-corrected chi connectivity index (χ0v) is 19.2. The van der Waals surface area contributed by atoms with E-state index in [1.165, 1.54) is 12.8 Å². The standard InChI is InChI=1S/C24H33N3O3S/c1-25-24(26-14-15-31(28)18-19-8-4-3-5-9-19)27-17-20-12-13-22(29-2)16-23(20)30-21-10-6-7-11-21/h3-5,8-9,12-13,16,21H,6-7,10-11,14-15,17-18H2,1-2H3,(H2,25,26,27). The van der Waals surface area contributed by atoms with Crippen LogP contribution in [-0.2, 0) is 23.1 Å². The highest BCUT2D eigenvalue weighted by molar-refractivity contribution is 7.84. The summed E-state index contributed by atoms with van der Waals surface area (Å²) in [5, 5.41) is 6.58. The minimum Gasteiger partial charge on any atom is -0.497 e. The molecule has 0 saturated heterocycles. The number of methoxy groups -OCH3 is 1. The van der Waals surface area contributed by atoms with E-state index >= 15 is 0 Å². The maximum atomic E-state index is 12.3. The lowest BCUT2D eigenvalue weighted by atomic mass is 10.2. The molecule has 1 fully saturated rings. The third-order valence-corrected chi connectivity index (χ3v) is 6.65. The van der Waals surface area contributed by atoms with Gasteiger partial charge in [0.15, 0.2) is 5.96 Å². The number of hydrogen-bond donors (Lipinski definition) is 2. The van der Waals surface area contributed by atoms with Crippen molar-refractivity contribution < 1.29 is 13.7 Å². The SMILES string of the molecule is CN=C(NCCS(=O)Cc1ccccc1)NCc1ccc(OC)cc1OC1CCCC1. The van der Waals surface area contributed by atoms with Gasteiger partial charge in [-0.3, -0.25) is 9.20 Å². The van der Waals surface area contributed by atoms with Crippen molar-refractivity contribution in [2.75, 3.05) is 26.5 Å². The number of guanidine groups is 1. The Morgan fingerprint density at radius 2 is 1.90 bits per heavy atom. The van der Waals surface area contributed by atoms with Crippen LogP contribution in [0.15, 0.2) is 53.5 Å². The van der Waals surface area contributed by atoms with Crippen LogP contribution in [0.1, 0.15) is 36.8 Å². The van der Waals surface area contributed by atoms with Crippen molar-refractivity contribution in [3.63, 3.8) is 0 Å². The molecule has 2 aromatic rings. The Morgan fingerprint density at radius 3 is 2.61 bits per heavy atom. The van der Waals surface area contributed by atoms with Crippen LogP contribution in [0.3, 0.4) is 0 Å². The molecule has 1 aliphatic carbocycles. The highest BCUT2D eigenvalue weighted by atomic mass is 32.2. The summed E-state index contributed by atoms with van der Waals surface area (Å²) >= 11 is 0. The summed E-state index contributed by atoms with van der Waals surface area (Å²) in [7, 11) is 2.48. The van der Waals surface area contributed by atoms with Gasteiger partial charge in [-0.2, -0.15) is 0 Å². The van der Waals surface area contributed by atoms with Gasteiger partial charge in [-0.05, 0) is 43.4 Å². The number of nitrogens with one attached hydrogen (secondary N) is 2. The van der Waals surface area contributed by atoms with Gasteiger partial charge in [-0.15, -0.1) is 0 Å². The Bertz CT molecular complexity index is 868. The molecule has 2 N–H and O–H groups in total. The van der Waals surface area contributed by atoms with E-state index in [1.54, 1.807) is 14.2 Å². The lowest BCUT2D eigenvalue weighted by Gasteiger charge is -2.19. The van der Waals surface area contributed by atoms with Crippen molar-refractivity contribution in [1.82, 2.24) is 10.6 Å². The van der Waals surface area contributed by atoms with E-state index in [4.69, 9.17) is 9.47 Å². The van der Waals surface area contributed by atoms with Crippen molar-refractivity contribution >= 4 is 16.8 Å². The molecular weight excluding hydrogens is 410 g/mol. The maximum Gasteiger partial charge on any atom is 0.191 e. The summed E-state index contributed by atoms with van der Waals surface area (Å²) in [4.78, 5) is 4.28. The number of hydrogen-bond acceptors (Lipinski definition) is 4. The molecular formula is C24H33N3O3S. The fourth-order valence-electron chi connectivity index (χ4n) is 3.62. The van der Waals surface area contributed by atoms with Crippen LogP contribution in [0.2, 0.25) is 0 Å². The van der Waals surface area contributed by atoms with Gasteiger partial charge in [0, 0.05) is 54.1 Å². The molecule has 31 heavy (non-hydrogen) atoms. The summed E-state index contributed by atoms with van der Waals surface area (Å²) in [6.07, 6.45) is 4.94. The molecule has 0 aliphatic heterocycles. The van der Waals surface area contributed by atoms with Gasteiger partial charge >= 0.3 is 0 Å². The number of rotatable bonds is 10. The van der Waals surface area contributed by atoms with Crippen LogP contribution in [0.4, 0.5) is 0 Å².